The zero-order valence-corrected chi connectivity index (χ0v) is 15.7. The molecule has 1 saturated carbocycles. The van der Waals surface area contributed by atoms with Gasteiger partial charge in [0.1, 0.15) is 0 Å². The van der Waals surface area contributed by atoms with Crippen LogP contribution < -0.4 is 10.6 Å². The molecule has 0 radical (unpaired) electrons. The fourth-order valence-electron chi connectivity index (χ4n) is 2.80. The van der Waals surface area contributed by atoms with E-state index >= 15 is 0 Å². The number of hydrogen-bond acceptors (Lipinski definition) is 5. The highest BCUT2D eigenvalue weighted by Crippen LogP contribution is 2.31. The molecule has 1 aliphatic carbocycles. The van der Waals surface area contributed by atoms with Crippen LogP contribution in [0, 0.1) is 19.8 Å². The van der Waals surface area contributed by atoms with Crippen molar-refractivity contribution in [1.82, 2.24) is 10.1 Å². The lowest BCUT2D eigenvalue weighted by atomic mass is 10.1. The molecule has 0 saturated heterocycles. The molecule has 0 atom stereocenters. The molecule has 0 unspecified atom stereocenters. The number of rotatable bonds is 5. The zero-order valence-electron chi connectivity index (χ0n) is 15.7. The van der Waals surface area contributed by atoms with Gasteiger partial charge in [-0.25, -0.2) is 0 Å². The number of anilines is 2. The van der Waals surface area contributed by atoms with E-state index in [1.54, 1.807) is 37.3 Å². The second-order valence-corrected chi connectivity index (χ2v) is 6.97. The van der Waals surface area contributed by atoms with Crippen molar-refractivity contribution in [2.45, 2.75) is 26.7 Å². The van der Waals surface area contributed by atoms with Gasteiger partial charge in [0.2, 0.25) is 5.91 Å². The number of carbonyl (C=O) groups is 2. The van der Waals surface area contributed by atoms with Crippen LogP contribution in [-0.2, 0) is 4.79 Å². The number of nitrogens with zero attached hydrogens (tertiary/aromatic N) is 2. The Morgan fingerprint density at radius 2 is 1.79 bits per heavy atom. The minimum atomic E-state index is -0.234. The van der Waals surface area contributed by atoms with Crippen LogP contribution in [0.5, 0.6) is 0 Å². The van der Waals surface area contributed by atoms with E-state index in [0.717, 1.165) is 24.0 Å². The van der Waals surface area contributed by atoms with Gasteiger partial charge in [-0.2, -0.15) is 4.98 Å². The van der Waals surface area contributed by atoms with Gasteiger partial charge in [-0.1, -0.05) is 11.2 Å². The van der Waals surface area contributed by atoms with Crippen molar-refractivity contribution in [3.8, 4) is 11.5 Å². The first-order chi connectivity index (χ1) is 13.5. The van der Waals surface area contributed by atoms with E-state index in [0.29, 0.717) is 28.7 Å². The van der Waals surface area contributed by atoms with E-state index in [1.165, 1.54) is 0 Å². The Morgan fingerprint density at radius 1 is 1.04 bits per heavy atom. The normalized spacial score (nSPS) is 13.2. The molecule has 0 bridgehead atoms. The number of nitrogens with one attached hydrogen (secondary N) is 2. The molecule has 4 rings (SSSR count). The molecule has 3 aromatic rings. The largest absolute Gasteiger partial charge is 0.334 e. The molecular weight excluding hydrogens is 356 g/mol. The summed E-state index contributed by atoms with van der Waals surface area (Å²) < 4.78 is 5.13. The monoisotopic (exact) mass is 376 g/mol. The number of carbonyl (C=O) groups excluding carboxylic acids is 2. The molecule has 1 heterocycles. The van der Waals surface area contributed by atoms with E-state index in [9.17, 15) is 9.59 Å². The lowest BCUT2D eigenvalue weighted by Gasteiger charge is -2.12. The number of aryl methyl sites for hydroxylation is 2. The summed E-state index contributed by atoms with van der Waals surface area (Å²) in [6.45, 7) is 3.65. The fourth-order valence-corrected chi connectivity index (χ4v) is 2.80. The molecule has 1 aromatic heterocycles. The highest BCUT2D eigenvalue weighted by atomic mass is 16.5. The third-order valence-electron chi connectivity index (χ3n) is 4.62. The number of benzene rings is 2. The van der Waals surface area contributed by atoms with Crippen LogP contribution in [0.3, 0.4) is 0 Å². The van der Waals surface area contributed by atoms with Crippen molar-refractivity contribution < 1.29 is 14.1 Å². The third kappa shape index (κ3) is 3.93. The summed E-state index contributed by atoms with van der Waals surface area (Å²) in [6, 6.07) is 12.4. The molecule has 7 nitrogen and oxygen atoms in total. The van der Waals surface area contributed by atoms with Gasteiger partial charge in [-0.3, -0.25) is 9.59 Å². The van der Waals surface area contributed by atoms with E-state index < -0.39 is 0 Å². The molecular formula is C21H20N4O3. The Bertz CT molecular complexity index is 1040. The van der Waals surface area contributed by atoms with Crippen molar-refractivity contribution in [1.29, 1.82) is 0 Å². The van der Waals surface area contributed by atoms with E-state index in [2.05, 4.69) is 20.8 Å². The molecule has 0 spiro atoms. The second-order valence-electron chi connectivity index (χ2n) is 6.97. The van der Waals surface area contributed by atoms with Gasteiger partial charge in [0.25, 0.3) is 11.8 Å². The summed E-state index contributed by atoms with van der Waals surface area (Å²) >= 11 is 0. The maximum atomic E-state index is 12.6. The van der Waals surface area contributed by atoms with Crippen molar-refractivity contribution in [2.24, 2.45) is 5.92 Å². The van der Waals surface area contributed by atoms with Crippen molar-refractivity contribution in [3.05, 3.63) is 59.4 Å². The first-order valence-electron chi connectivity index (χ1n) is 9.13. The Morgan fingerprint density at radius 3 is 2.43 bits per heavy atom. The van der Waals surface area contributed by atoms with Gasteiger partial charge in [0.05, 0.1) is 0 Å². The van der Waals surface area contributed by atoms with Gasteiger partial charge in [-0.05, 0) is 68.7 Å². The quantitative estimate of drug-likeness (QED) is 0.703. The molecule has 2 aromatic carbocycles. The highest BCUT2D eigenvalue weighted by Gasteiger charge is 2.29. The molecule has 1 aliphatic rings. The van der Waals surface area contributed by atoms with Crippen molar-refractivity contribution in [3.63, 3.8) is 0 Å². The highest BCUT2D eigenvalue weighted by molar-refractivity contribution is 6.05. The van der Waals surface area contributed by atoms with Gasteiger partial charge in [0.15, 0.2) is 5.82 Å². The smallest absolute Gasteiger partial charge is 0.257 e. The molecule has 2 amide bonds. The average Bonchev–Trinajstić information content (AvgIpc) is 3.46. The fraction of sp³-hybridized carbons (Fsp3) is 0.238. The average molecular weight is 376 g/mol. The first kappa shape index (κ1) is 17.9. The van der Waals surface area contributed by atoms with Gasteiger partial charge < -0.3 is 15.2 Å². The van der Waals surface area contributed by atoms with Gasteiger partial charge >= 0.3 is 0 Å². The molecule has 28 heavy (non-hydrogen) atoms. The summed E-state index contributed by atoms with van der Waals surface area (Å²) in [6.07, 6.45) is 1.89. The summed E-state index contributed by atoms with van der Waals surface area (Å²) in [7, 11) is 0. The molecule has 7 heteroatoms. The predicted molar refractivity (Wildman–Crippen MR) is 105 cm³/mol. The number of hydrogen-bond donors (Lipinski definition) is 2. The Kier molecular flexibility index (Phi) is 4.65. The topological polar surface area (TPSA) is 97.1 Å². The SMILES string of the molecule is Cc1noc(-c2ccc(C(=O)Nc3cc(NC(=O)C4CC4)ccc3C)cc2)n1. The van der Waals surface area contributed by atoms with E-state index in [1.807, 2.05) is 19.1 Å². The van der Waals surface area contributed by atoms with Crippen LogP contribution in [0.2, 0.25) is 0 Å². The first-order valence-corrected chi connectivity index (χ1v) is 9.13. The maximum Gasteiger partial charge on any atom is 0.257 e. The summed E-state index contributed by atoms with van der Waals surface area (Å²) in [5.74, 6) is 0.899. The minimum absolute atomic E-state index is 0.0352. The van der Waals surface area contributed by atoms with Crippen LogP contribution in [0.15, 0.2) is 47.0 Å². The Balaban J connectivity index is 1.47. The zero-order chi connectivity index (χ0) is 19.7. The van der Waals surface area contributed by atoms with E-state index in [4.69, 9.17) is 4.52 Å². The minimum Gasteiger partial charge on any atom is -0.334 e. The molecule has 1 fully saturated rings. The lowest BCUT2D eigenvalue weighted by molar-refractivity contribution is -0.117. The summed E-state index contributed by atoms with van der Waals surface area (Å²) in [5, 5.41) is 9.57. The summed E-state index contributed by atoms with van der Waals surface area (Å²) in [5.41, 5.74) is 3.51. The van der Waals surface area contributed by atoms with Crippen LogP contribution in [0.1, 0.15) is 34.6 Å². The van der Waals surface area contributed by atoms with Crippen LogP contribution in [0.25, 0.3) is 11.5 Å². The second kappa shape index (κ2) is 7.26. The molecule has 142 valence electrons. The molecule has 2 N–H and O–H groups in total. The van der Waals surface area contributed by atoms with Gasteiger partial charge in [0, 0.05) is 28.4 Å². The van der Waals surface area contributed by atoms with Crippen molar-refractivity contribution in [2.75, 3.05) is 10.6 Å². The number of aromatic nitrogens is 2. The number of amides is 2. The van der Waals surface area contributed by atoms with Crippen LogP contribution in [-0.4, -0.2) is 22.0 Å². The standard InChI is InChI=1S/C21H20N4O3/c1-12-3-10-17(23-19(26)14-4-5-14)11-18(12)24-20(27)15-6-8-16(9-7-15)21-22-13(2)25-28-21/h3,6-11,14H,4-5H2,1-2H3,(H,23,26)(H,24,27). The Hall–Kier alpha value is -3.48. The van der Waals surface area contributed by atoms with Crippen LogP contribution >= 0.6 is 0 Å². The van der Waals surface area contributed by atoms with E-state index in [-0.39, 0.29) is 17.7 Å². The predicted octanol–water partition coefficient (Wildman–Crippen LogP) is 3.95. The van der Waals surface area contributed by atoms with Crippen molar-refractivity contribution >= 4 is 23.2 Å². The third-order valence-corrected chi connectivity index (χ3v) is 4.62. The Labute approximate surface area is 162 Å². The van der Waals surface area contributed by atoms with Crippen LogP contribution in [0.4, 0.5) is 11.4 Å². The maximum absolute atomic E-state index is 12.6. The molecule has 0 aliphatic heterocycles. The summed E-state index contributed by atoms with van der Waals surface area (Å²) in [4.78, 5) is 28.7. The lowest BCUT2D eigenvalue weighted by Crippen LogP contribution is -2.15. The van der Waals surface area contributed by atoms with Gasteiger partial charge in [-0.15, -0.1) is 0 Å².